The topological polar surface area (TPSA) is 76.1 Å². The third-order valence-electron chi connectivity index (χ3n) is 3.15. The summed E-state index contributed by atoms with van der Waals surface area (Å²) in [5.74, 6) is 1.06. The van der Waals surface area contributed by atoms with E-state index in [-0.39, 0.29) is 11.9 Å². The van der Waals surface area contributed by atoms with E-state index in [1.807, 2.05) is 0 Å². The SMILES string of the molecule is CC(C)CNc1ccc(C(=O)NC2CCOCC2)nn1. The molecule has 6 nitrogen and oxygen atoms in total. The van der Waals surface area contributed by atoms with Crippen molar-refractivity contribution in [2.75, 3.05) is 25.1 Å². The van der Waals surface area contributed by atoms with Crippen LogP contribution in [-0.4, -0.2) is 41.9 Å². The Morgan fingerprint density at radius 2 is 2.10 bits per heavy atom. The summed E-state index contributed by atoms with van der Waals surface area (Å²) in [6.07, 6.45) is 1.71. The van der Waals surface area contributed by atoms with Crippen molar-refractivity contribution in [3.05, 3.63) is 17.8 Å². The molecular formula is C14H22N4O2. The largest absolute Gasteiger partial charge is 0.381 e. The van der Waals surface area contributed by atoms with Gasteiger partial charge < -0.3 is 15.4 Å². The molecule has 110 valence electrons. The molecule has 1 aliphatic heterocycles. The second-order valence-electron chi connectivity index (χ2n) is 5.44. The van der Waals surface area contributed by atoms with Gasteiger partial charge in [-0.05, 0) is 30.9 Å². The number of carbonyl (C=O) groups excluding carboxylic acids is 1. The molecule has 2 N–H and O–H groups in total. The molecule has 1 fully saturated rings. The molecule has 1 saturated heterocycles. The van der Waals surface area contributed by atoms with Gasteiger partial charge in [-0.3, -0.25) is 4.79 Å². The van der Waals surface area contributed by atoms with Crippen molar-refractivity contribution in [2.45, 2.75) is 32.7 Å². The number of hydrogen-bond donors (Lipinski definition) is 2. The Labute approximate surface area is 119 Å². The average Bonchev–Trinajstić information content (AvgIpc) is 2.46. The quantitative estimate of drug-likeness (QED) is 0.852. The van der Waals surface area contributed by atoms with Crippen molar-refractivity contribution in [1.29, 1.82) is 0 Å². The molecule has 6 heteroatoms. The summed E-state index contributed by atoms with van der Waals surface area (Å²) in [6, 6.07) is 3.66. The van der Waals surface area contributed by atoms with E-state index in [9.17, 15) is 4.79 Å². The highest BCUT2D eigenvalue weighted by Gasteiger charge is 2.17. The summed E-state index contributed by atoms with van der Waals surface area (Å²) in [4.78, 5) is 12.0. The van der Waals surface area contributed by atoms with Gasteiger partial charge in [0.25, 0.3) is 5.91 Å². The lowest BCUT2D eigenvalue weighted by atomic mass is 10.1. The minimum atomic E-state index is -0.167. The molecule has 0 saturated carbocycles. The van der Waals surface area contributed by atoms with Crippen LogP contribution in [0.3, 0.4) is 0 Å². The summed E-state index contributed by atoms with van der Waals surface area (Å²) in [5.41, 5.74) is 0.353. The maximum absolute atomic E-state index is 12.0. The molecule has 2 rings (SSSR count). The van der Waals surface area contributed by atoms with Crippen LogP contribution in [0.4, 0.5) is 5.82 Å². The second-order valence-corrected chi connectivity index (χ2v) is 5.44. The highest BCUT2D eigenvalue weighted by Crippen LogP contribution is 2.08. The van der Waals surface area contributed by atoms with Gasteiger partial charge in [-0.25, -0.2) is 0 Å². The zero-order chi connectivity index (χ0) is 14.4. The van der Waals surface area contributed by atoms with Gasteiger partial charge in [-0.15, -0.1) is 10.2 Å². The molecule has 0 aromatic carbocycles. The number of amides is 1. The fraction of sp³-hybridized carbons (Fsp3) is 0.643. The predicted octanol–water partition coefficient (Wildman–Crippen LogP) is 1.45. The lowest BCUT2D eigenvalue weighted by Crippen LogP contribution is -2.39. The standard InChI is InChI=1S/C14H22N4O2/c1-10(2)9-15-13-4-3-12(17-18-13)14(19)16-11-5-7-20-8-6-11/h3-4,10-11H,5-9H2,1-2H3,(H,15,18)(H,16,19). The molecule has 1 aliphatic rings. The van der Waals surface area contributed by atoms with E-state index in [1.165, 1.54) is 0 Å². The highest BCUT2D eigenvalue weighted by atomic mass is 16.5. The molecule has 0 aliphatic carbocycles. The maximum Gasteiger partial charge on any atom is 0.272 e. The molecule has 0 bridgehead atoms. The summed E-state index contributed by atoms with van der Waals surface area (Å²) in [7, 11) is 0. The molecule has 2 heterocycles. The van der Waals surface area contributed by atoms with Crippen LogP contribution in [0.25, 0.3) is 0 Å². The van der Waals surface area contributed by atoms with Crippen LogP contribution in [-0.2, 0) is 4.74 Å². The first-order valence-electron chi connectivity index (χ1n) is 7.11. The van der Waals surface area contributed by atoms with E-state index in [0.29, 0.717) is 30.6 Å². The Kier molecular flexibility index (Phi) is 5.29. The second kappa shape index (κ2) is 7.19. The van der Waals surface area contributed by atoms with Crippen LogP contribution < -0.4 is 10.6 Å². The summed E-state index contributed by atoms with van der Waals surface area (Å²) in [6.45, 7) is 6.48. The average molecular weight is 278 g/mol. The molecule has 0 atom stereocenters. The van der Waals surface area contributed by atoms with Crippen LogP contribution >= 0.6 is 0 Å². The monoisotopic (exact) mass is 278 g/mol. The molecule has 0 unspecified atom stereocenters. The van der Waals surface area contributed by atoms with Crippen LogP contribution in [0.5, 0.6) is 0 Å². The van der Waals surface area contributed by atoms with Gasteiger partial charge in [0.05, 0.1) is 0 Å². The van der Waals surface area contributed by atoms with Gasteiger partial charge in [-0.1, -0.05) is 13.8 Å². The zero-order valence-electron chi connectivity index (χ0n) is 12.1. The van der Waals surface area contributed by atoms with E-state index < -0.39 is 0 Å². The molecule has 1 aromatic heterocycles. The highest BCUT2D eigenvalue weighted by molar-refractivity contribution is 5.92. The Bertz CT molecular complexity index is 427. The van der Waals surface area contributed by atoms with Crippen molar-refractivity contribution in [1.82, 2.24) is 15.5 Å². The zero-order valence-corrected chi connectivity index (χ0v) is 12.1. The van der Waals surface area contributed by atoms with Gasteiger partial charge in [0, 0.05) is 25.8 Å². The minimum absolute atomic E-state index is 0.167. The van der Waals surface area contributed by atoms with Gasteiger partial charge in [-0.2, -0.15) is 0 Å². The van der Waals surface area contributed by atoms with Gasteiger partial charge in [0.15, 0.2) is 5.69 Å². The van der Waals surface area contributed by atoms with E-state index in [1.54, 1.807) is 12.1 Å². The number of nitrogens with zero attached hydrogens (tertiary/aromatic N) is 2. The predicted molar refractivity (Wildman–Crippen MR) is 76.7 cm³/mol. The van der Waals surface area contributed by atoms with Crippen LogP contribution in [0, 0.1) is 5.92 Å². The summed E-state index contributed by atoms with van der Waals surface area (Å²) >= 11 is 0. The molecule has 20 heavy (non-hydrogen) atoms. The number of anilines is 1. The Morgan fingerprint density at radius 3 is 2.70 bits per heavy atom. The molecule has 0 radical (unpaired) electrons. The number of rotatable bonds is 5. The van der Waals surface area contributed by atoms with Gasteiger partial charge in [0.2, 0.25) is 0 Å². The maximum atomic E-state index is 12.0. The lowest BCUT2D eigenvalue weighted by Gasteiger charge is -2.22. The van der Waals surface area contributed by atoms with Gasteiger partial charge in [0.1, 0.15) is 5.82 Å². The fourth-order valence-corrected chi connectivity index (χ4v) is 1.96. The van der Waals surface area contributed by atoms with E-state index in [4.69, 9.17) is 4.74 Å². The van der Waals surface area contributed by atoms with Crippen molar-refractivity contribution in [3.8, 4) is 0 Å². The summed E-state index contributed by atoms with van der Waals surface area (Å²) in [5, 5.41) is 14.1. The first-order valence-corrected chi connectivity index (χ1v) is 7.11. The van der Waals surface area contributed by atoms with Crippen LogP contribution in [0.2, 0.25) is 0 Å². The van der Waals surface area contributed by atoms with Crippen LogP contribution in [0.15, 0.2) is 12.1 Å². The minimum Gasteiger partial charge on any atom is -0.381 e. The number of carbonyl (C=O) groups is 1. The lowest BCUT2D eigenvalue weighted by molar-refractivity contribution is 0.0693. The van der Waals surface area contributed by atoms with E-state index in [0.717, 1.165) is 19.4 Å². The van der Waals surface area contributed by atoms with Crippen molar-refractivity contribution in [2.24, 2.45) is 5.92 Å². The number of aromatic nitrogens is 2. The fourth-order valence-electron chi connectivity index (χ4n) is 1.96. The smallest absolute Gasteiger partial charge is 0.272 e. The third kappa shape index (κ3) is 4.45. The van der Waals surface area contributed by atoms with Crippen molar-refractivity contribution < 1.29 is 9.53 Å². The molecule has 0 spiro atoms. The normalized spacial score (nSPS) is 16.1. The number of nitrogens with one attached hydrogen (secondary N) is 2. The molecule has 1 amide bonds. The Morgan fingerprint density at radius 1 is 1.35 bits per heavy atom. The van der Waals surface area contributed by atoms with E-state index in [2.05, 4.69) is 34.7 Å². The van der Waals surface area contributed by atoms with Crippen molar-refractivity contribution >= 4 is 11.7 Å². The Hall–Kier alpha value is -1.69. The molecular weight excluding hydrogens is 256 g/mol. The summed E-state index contributed by atoms with van der Waals surface area (Å²) < 4.78 is 5.26. The first-order chi connectivity index (χ1) is 9.65. The Balaban J connectivity index is 1.86. The molecule has 1 aromatic rings. The van der Waals surface area contributed by atoms with Crippen LogP contribution in [0.1, 0.15) is 37.2 Å². The number of hydrogen-bond acceptors (Lipinski definition) is 5. The van der Waals surface area contributed by atoms with E-state index >= 15 is 0 Å². The third-order valence-corrected chi connectivity index (χ3v) is 3.15. The first kappa shape index (κ1) is 14.7. The van der Waals surface area contributed by atoms with Crippen molar-refractivity contribution in [3.63, 3.8) is 0 Å². The number of ether oxygens (including phenoxy) is 1. The van der Waals surface area contributed by atoms with Gasteiger partial charge >= 0.3 is 0 Å².